The average Bonchev–Trinajstić information content (AvgIpc) is 3.22. The van der Waals surface area contributed by atoms with Crippen molar-refractivity contribution in [3.05, 3.63) is 95.6 Å². The summed E-state index contributed by atoms with van der Waals surface area (Å²) in [4.78, 5) is 74.1. The monoisotopic (exact) mass is 816 g/mol. The van der Waals surface area contributed by atoms with Gasteiger partial charge in [0.05, 0.1) is 14.2 Å². The van der Waals surface area contributed by atoms with Crippen LogP contribution in [0.25, 0.3) is 11.1 Å². The second-order valence-electron chi connectivity index (χ2n) is 15.1. The van der Waals surface area contributed by atoms with E-state index in [2.05, 4.69) is 50.3 Å². The first kappa shape index (κ1) is 47.5. The van der Waals surface area contributed by atoms with Crippen LogP contribution in [0.15, 0.2) is 78.9 Å². The van der Waals surface area contributed by atoms with Crippen LogP contribution in [-0.2, 0) is 57.6 Å². The number of aryl methyl sites for hydroxylation is 2. The lowest BCUT2D eigenvalue weighted by molar-refractivity contribution is -0.145. The quantitative estimate of drug-likeness (QED) is 0.0479. The van der Waals surface area contributed by atoms with Gasteiger partial charge in [-0.05, 0) is 100.0 Å². The molecule has 3 rings (SSSR count). The normalized spacial score (nSPS) is 11.9. The van der Waals surface area contributed by atoms with Gasteiger partial charge in [-0.2, -0.15) is 0 Å². The maximum absolute atomic E-state index is 12.9. The molecule has 4 amide bonds. The number of esters is 2. The topological polar surface area (TPSA) is 187 Å². The van der Waals surface area contributed by atoms with Crippen molar-refractivity contribution in [2.75, 3.05) is 27.3 Å². The number of unbranched alkanes of at least 4 members (excludes halogenated alkanes) is 2. The molecular weight excluding hydrogens is 757 g/mol. The third-order valence-electron chi connectivity index (χ3n) is 9.17. The molecule has 0 saturated heterocycles. The van der Waals surface area contributed by atoms with Crippen LogP contribution in [0.5, 0.6) is 0 Å². The lowest BCUT2D eigenvalue weighted by Crippen LogP contribution is -2.48. The van der Waals surface area contributed by atoms with Crippen molar-refractivity contribution in [3.63, 3.8) is 0 Å². The van der Waals surface area contributed by atoms with Crippen LogP contribution in [0, 0.1) is 0 Å². The highest BCUT2D eigenvalue weighted by molar-refractivity contribution is 5.86. The van der Waals surface area contributed by atoms with Gasteiger partial charge in [0.15, 0.2) is 0 Å². The molecule has 320 valence electrons. The van der Waals surface area contributed by atoms with Crippen molar-refractivity contribution in [2.45, 2.75) is 109 Å². The second-order valence-corrected chi connectivity index (χ2v) is 15.1. The summed E-state index contributed by atoms with van der Waals surface area (Å²) >= 11 is 0. The Labute approximate surface area is 347 Å². The smallest absolute Gasteiger partial charge is 0.408 e. The van der Waals surface area contributed by atoms with Crippen molar-refractivity contribution >= 4 is 35.9 Å². The van der Waals surface area contributed by atoms with E-state index in [0.717, 1.165) is 41.5 Å². The fourth-order valence-corrected chi connectivity index (χ4v) is 5.95. The van der Waals surface area contributed by atoms with Gasteiger partial charge in [0.2, 0.25) is 11.8 Å². The Balaban J connectivity index is 1.36. The van der Waals surface area contributed by atoms with Gasteiger partial charge in [0.25, 0.3) is 0 Å². The third kappa shape index (κ3) is 19.4. The maximum atomic E-state index is 12.9. The van der Waals surface area contributed by atoms with Crippen molar-refractivity contribution in [3.8, 4) is 11.1 Å². The highest BCUT2D eigenvalue weighted by Crippen LogP contribution is 2.22. The number of methoxy groups -OCH3 is 2. The van der Waals surface area contributed by atoms with Crippen LogP contribution < -0.4 is 21.3 Å². The molecule has 2 unspecified atom stereocenters. The predicted molar refractivity (Wildman–Crippen MR) is 223 cm³/mol. The van der Waals surface area contributed by atoms with Crippen LogP contribution in [0.4, 0.5) is 9.59 Å². The molecule has 2 atom stereocenters. The first-order chi connectivity index (χ1) is 28.3. The van der Waals surface area contributed by atoms with E-state index in [4.69, 9.17) is 14.2 Å². The summed E-state index contributed by atoms with van der Waals surface area (Å²) in [5, 5.41) is 10.8. The zero-order valence-corrected chi connectivity index (χ0v) is 34.9. The van der Waals surface area contributed by atoms with Crippen LogP contribution in [0.1, 0.15) is 88.8 Å². The molecule has 0 heterocycles. The molecule has 0 aliphatic carbocycles. The molecule has 0 aromatic heterocycles. The summed E-state index contributed by atoms with van der Waals surface area (Å²) in [7, 11) is 2.50. The Morgan fingerprint density at radius 2 is 1.20 bits per heavy atom. The van der Waals surface area contributed by atoms with E-state index in [1.54, 1.807) is 20.8 Å². The zero-order chi connectivity index (χ0) is 43.0. The van der Waals surface area contributed by atoms with E-state index < -0.39 is 47.7 Å². The molecule has 0 saturated carbocycles. The summed E-state index contributed by atoms with van der Waals surface area (Å²) in [5.41, 5.74) is 4.51. The van der Waals surface area contributed by atoms with Gasteiger partial charge in [0.1, 0.15) is 24.3 Å². The Bertz CT molecular complexity index is 1780. The fraction of sp³-hybridized carbons (Fsp3) is 0.467. The molecule has 14 nitrogen and oxygen atoms in total. The number of ether oxygens (including phenoxy) is 4. The number of benzene rings is 3. The molecule has 3 aromatic carbocycles. The number of carbonyl (C=O) groups is 6. The molecule has 14 heteroatoms. The number of hydrogen-bond acceptors (Lipinski definition) is 10. The van der Waals surface area contributed by atoms with Gasteiger partial charge >= 0.3 is 24.1 Å². The van der Waals surface area contributed by atoms with Gasteiger partial charge < -0.3 is 40.2 Å². The lowest BCUT2D eigenvalue weighted by Gasteiger charge is -2.23. The Morgan fingerprint density at radius 3 is 1.81 bits per heavy atom. The molecule has 0 bridgehead atoms. The number of rotatable bonds is 23. The highest BCUT2D eigenvalue weighted by atomic mass is 16.6. The van der Waals surface area contributed by atoms with Gasteiger partial charge in [0, 0.05) is 25.9 Å². The van der Waals surface area contributed by atoms with Gasteiger partial charge in [-0.15, -0.1) is 0 Å². The number of alkyl carbamates (subject to hydrolysis) is 2. The molecule has 0 aliphatic rings. The van der Waals surface area contributed by atoms with E-state index in [9.17, 15) is 28.8 Å². The van der Waals surface area contributed by atoms with E-state index in [0.29, 0.717) is 32.2 Å². The van der Waals surface area contributed by atoms with Crippen molar-refractivity contribution < 1.29 is 47.7 Å². The van der Waals surface area contributed by atoms with Gasteiger partial charge in [-0.25, -0.2) is 14.4 Å². The molecule has 0 aliphatic heterocycles. The number of nitrogens with one attached hydrogen (secondary N) is 4. The summed E-state index contributed by atoms with van der Waals surface area (Å²) < 4.78 is 20.1. The molecule has 0 fully saturated rings. The van der Waals surface area contributed by atoms with Gasteiger partial charge in [-0.1, -0.05) is 78.9 Å². The molecular formula is C45H60N4O10. The molecule has 3 aromatic rings. The van der Waals surface area contributed by atoms with Crippen molar-refractivity contribution in [1.29, 1.82) is 0 Å². The minimum absolute atomic E-state index is 0.0199. The summed E-state index contributed by atoms with van der Waals surface area (Å²) in [6, 6.07) is 24.1. The minimum Gasteiger partial charge on any atom is -0.469 e. The first-order valence-electron chi connectivity index (χ1n) is 20.1. The number of amides is 4. The van der Waals surface area contributed by atoms with E-state index in [1.807, 2.05) is 54.6 Å². The molecule has 0 radical (unpaired) electrons. The SMILES string of the molecule is COC(=O)CCC(NC(=O)OC(C)(C)C)C(=O)NCCCCC(NC(=O)CCc1ccc(-c2ccc(CCCCNC(=O)OCc3ccccc3)cc2)cc1)C(=O)OC. The summed E-state index contributed by atoms with van der Waals surface area (Å²) in [5.74, 6) is -1.85. The average molecular weight is 817 g/mol. The summed E-state index contributed by atoms with van der Waals surface area (Å²) in [6.07, 6.45) is 3.35. The third-order valence-corrected chi connectivity index (χ3v) is 9.17. The standard InChI is InChI=1S/C45H60N4O10/c1-45(2,3)59-44(55)49-37(26-28-40(51)56-4)41(52)46-29-12-10-16-38(42(53)57-5)48-39(50)27-21-33-19-24-36(25-20-33)35-22-17-32(18-23-35)13-9-11-30-47-43(54)58-31-34-14-7-6-8-15-34/h6-8,14-15,17-20,22-25,37-38H,9-13,16,21,26-31H2,1-5H3,(H,46,52)(H,47,54)(H,48,50)(H,49,55). The van der Waals surface area contributed by atoms with Crippen LogP contribution in [-0.4, -0.2) is 80.9 Å². The lowest BCUT2D eigenvalue weighted by atomic mass is 9.99. The van der Waals surface area contributed by atoms with Crippen LogP contribution in [0.3, 0.4) is 0 Å². The Morgan fingerprint density at radius 1 is 0.593 bits per heavy atom. The highest BCUT2D eigenvalue weighted by Gasteiger charge is 2.25. The van der Waals surface area contributed by atoms with Crippen molar-refractivity contribution in [2.24, 2.45) is 0 Å². The molecule has 4 N–H and O–H groups in total. The number of hydrogen-bond donors (Lipinski definition) is 4. The largest absolute Gasteiger partial charge is 0.469 e. The van der Waals surface area contributed by atoms with E-state index in [1.165, 1.54) is 19.8 Å². The summed E-state index contributed by atoms with van der Waals surface area (Å²) in [6.45, 7) is 6.13. The molecule has 0 spiro atoms. The number of carbonyl (C=O) groups excluding carboxylic acids is 6. The van der Waals surface area contributed by atoms with Crippen LogP contribution >= 0.6 is 0 Å². The Hall–Kier alpha value is -5.92. The minimum atomic E-state index is -1.02. The predicted octanol–water partition coefficient (Wildman–Crippen LogP) is 6.33. The van der Waals surface area contributed by atoms with E-state index in [-0.39, 0.29) is 38.3 Å². The molecule has 59 heavy (non-hydrogen) atoms. The van der Waals surface area contributed by atoms with Gasteiger partial charge in [-0.3, -0.25) is 14.4 Å². The van der Waals surface area contributed by atoms with Crippen molar-refractivity contribution in [1.82, 2.24) is 21.3 Å². The van der Waals surface area contributed by atoms with E-state index >= 15 is 0 Å². The maximum Gasteiger partial charge on any atom is 0.408 e. The first-order valence-corrected chi connectivity index (χ1v) is 20.1. The second kappa shape index (κ2) is 25.4. The zero-order valence-electron chi connectivity index (χ0n) is 34.9. The fourth-order valence-electron chi connectivity index (χ4n) is 5.95. The van der Waals surface area contributed by atoms with Crippen LogP contribution in [0.2, 0.25) is 0 Å². The Kier molecular flexibility index (Phi) is 20.5.